The number of halogens is 3. The molecule has 0 fully saturated rings. The highest BCUT2D eigenvalue weighted by Crippen LogP contribution is 2.25. The van der Waals surface area contributed by atoms with Crippen LogP contribution < -0.4 is 5.73 Å². The Morgan fingerprint density at radius 3 is 2.33 bits per heavy atom. The first kappa shape index (κ1) is 12.9. The average Bonchev–Trinajstić information content (AvgIpc) is 2.28. The van der Waals surface area contributed by atoms with Gasteiger partial charge in [-0.15, -0.1) is 0 Å². The first-order valence-electron chi connectivity index (χ1n) is 5.04. The molecular formula is C13H8Cl2FNO. The number of carbonyl (C=O) groups is 1. The molecule has 0 amide bonds. The van der Waals surface area contributed by atoms with Crippen LogP contribution >= 0.6 is 23.2 Å². The van der Waals surface area contributed by atoms with E-state index in [1.54, 1.807) is 6.07 Å². The second-order valence-electron chi connectivity index (χ2n) is 3.68. The van der Waals surface area contributed by atoms with Crippen molar-refractivity contribution >= 4 is 34.7 Å². The average molecular weight is 284 g/mol. The standard InChI is InChI=1S/C13H8Cl2FNO/c14-7-1-3-9(11(15)5-7)13(18)10-4-2-8(16)6-12(10)17/h1-6H,17H2. The summed E-state index contributed by atoms with van der Waals surface area (Å²) in [4.78, 5) is 12.2. The Morgan fingerprint density at radius 2 is 1.72 bits per heavy atom. The Kier molecular flexibility index (Phi) is 3.55. The van der Waals surface area contributed by atoms with Crippen molar-refractivity contribution in [2.45, 2.75) is 0 Å². The van der Waals surface area contributed by atoms with Gasteiger partial charge in [0, 0.05) is 21.8 Å². The molecule has 0 atom stereocenters. The van der Waals surface area contributed by atoms with Gasteiger partial charge in [-0.2, -0.15) is 0 Å². The van der Waals surface area contributed by atoms with Gasteiger partial charge in [0.15, 0.2) is 5.78 Å². The monoisotopic (exact) mass is 283 g/mol. The molecule has 0 heterocycles. The number of nitrogens with two attached hydrogens (primary N) is 1. The number of hydrogen-bond donors (Lipinski definition) is 1. The molecule has 0 radical (unpaired) electrons. The second-order valence-corrected chi connectivity index (χ2v) is 4.53. The smallest absolute Gasteiger partial charge is 0.196 e. The molecule has 92 valence electrons. The lowest BCUT2D eigenvalue weighted by Crippen LogP contribution is -2.06. The quantitative estimate of drug-likeness (QED) is 0.670. The van der Waals surface area contributed by atoms with Crippen LogP contribution in [0.5, 0.6) is 0 Å². The number of rotatable bonds is 2. The summed E-state index contributed by atoms with van der Waals surface area (Å²) in [5.74, 6) is -0.861. The normalized spacial score (nSPS) is 10.4. The van der Waals surface area contributed by atoms with Gasteiger partial charge in [0.25, 0.3) is 0 Å². The molecule has 0 saturated carbocycles. The van der Waals surface area contributed by atoms with Crippen molar-refractivity contribution in [2.24, 2.45) is 0 Å². The van der Waals surface area contributed by atoms with Gasteiger partial charge in [-0.1, -0.05) is 23.2 Å². The molecular weight excluding hydrogens is 276 g/mol. The third-order valence-electron chi connectivity index (χ3n) is 2.43. The molecule has 2 rings (SSSR count). The van der Waals surface area contributed by atoms with Crippen LogP contribution in [0.15, 0.2) is 36.4 Å². The van der Waals surface area contributed by atoms with Gasteiger partial charge in [0.1, 0.15) is 5.82 Å². The molecule has 2 aromatic rings. The third kappa shape index (κ3) is 2.47. The minimum Gasteiger partial charge on any atom is -0.398 e. The SMILES string of the molecule is Nc1cc(F)ccc1C(=O)c1ccc(Cl)cc1Cl. The van der Waals surface area contributed by atoms with Crippen LogP contribution in [0.4, 0.5) is 10.1 Å². The van der Waals surface area contributed by atoms with Gasteiger partial charge in [-0.25, -0.2) is 4.39 Å². The van der Waals surface area contributed by atoms with Gasteiger partial charge in [-0.3, -0.25) is 4.79 Å². The van der Waals surface area contributed by atoms with Gasteiger partial charge < -0.3 is 5.73 Å². The van der Waals surface area contributed by atoms with Crippen LogP contribution in [0, 0.1) is 5.82 Å². The van der Waals surface area contributed by atoms with E-state index in [1.165, 1.54) is 24.3 Å². The number of benzene rings is 2. The third-order valence-corrected chi connectivity index (χ3v) is 2.98. The molecule has 0 saturated heterocycles. The Labute approximate surface area is 113 Å². The van der Waals surface area contributed by atoms with E-state index >= 15 is 0 Å². The van der Waals surface area contributed by atoms with Crippen LogP contribution in [0.2, 0.25) is 10.0 Å². The van der Waals surface area contributed by atoms with Crippen molar-refractivity contribution in [1.82, 2.24) is 0 Å². The van der Waals surface area contributed by atoms with Gasteiger partial charge >= 0.3 is 0 Å². The van der Waals surface area contributed by atoms with Crippen LogP contribution in [0.3, 0.4) is 0 Å². The van der Waals surface area contributed by atoms with Crippen LogP contribution in [-0.2, 0) is 0 Å². The predicted octanol–water partition coefficient (Wildman–Crippen LogP) is 3.95. The van der Waals surface area contributed by atoms with Crippen molar-refractivity contribution in [3.63, 3.8) is 0 Å². The highest BCUT2D eigenvalue weighted by molar-refractivity contribution is 6.37. The van der Waals surface area contributed by atoms with E-state index in [2.05, 4.69) is 0 Å². The van der Waals surface area contributed by atoms with E-state index in [-0.39, 0.29) is 27.6 Å². The summed E-state index contributed by atoms with van der Waals surface area (Å²) in [6.45, 7) is 0. The molecule has 2 N–H and O–H groups in total. The number of nitrogen functional groups attached to an aromatic ring is 1. The molecule has 2 nitrogen and oxygen atoms in total. The Bertz CT molecular complexity index is 575. The summed E-state index contributed by atoms with van der Waals surface area (Å²) in [5, 5.41) is 0.667. The van der Waals surface area contributed by atoms with Gasteiger partial charge in [0.05, 0.1) is 5.02 Å². The maximum absolute atomic E-state index is 12.9. The van der Waals surface area contributed by atoms with Crippen LogP contribution in [-0.4, -0.2) is 5.78 Å². The Hall–Kier alpha value is -1.58. The van der Waals surface area contributed by atoms with E-state index in [9.17, 15) is 9.18 Å². The first-order valence-corrected chi connectivity index (χ1v) is 5.79. The summed E-state index contributed by atoms with van der Waals surface area (Å²) in [6.07, 6.45) is 0. The van der Waals surface area contributed by atoms with Crippen LogP contribution in [0.1, 0.15) is 15.9 Å². The minimum atomic E-state index is -0.494. The molecule has 0 bridgehead atoms. The highest BCUT2D eigenvalue weighted by atomic mass is 35.5. The van der Waals surface area contributed by atoms with Crippen molar-refractivity contribution < 1.29 is 9.18 Å². The number of carbonyl (C=O) groups excluding carboxylic acids is 1. The van der Waals surface area contributed by atoms with Gasteiger partial charge in [-0.05, 0) is 36.4 Å². The molecule has 2 aromatic carbocycles. The topological polar surface area (TPSA) is 43.1 Å². The maximum atomic E-state index is 12.9. The summed E-state index contributed by atoms with van der Waals surface area (Å²) in [6, 6.07) is 8.13. The van der Waals surface area contributed by atoms with Crippen LogP contribution in [0.25, 0.3) is 0 Å². The zero-order valence-corrected chi connectivity index (χ0v) is 10.6. The number of hydrogen-bond acceptors (Lipinski definition) is 2. The molecule has 0 aliphatic rings. The fourth-order valence-electron chi connectivity index (χ4n) is 1.56. The Morgan fingerprint density at radius 1 is 1.06 bits per heavy atom. The lowest BCUT2D eigenvalue weighted by molar-refractivity contribution is 0.103. The predicted molar refractivity (Wildman–Crippen MR) is 70.7 cm³/mol. The fourth-order valence-corrected chi connectivity index (χ4v) is 2.05. The summed E-state index contributed by atoms with van der Waals surface area (Å²) in [5.41, 5.74) is 6.17. The minimum absolute atomic E-state index is 0.0750. The van der Waals surface area contributed by atoms with E-state index in [0.29, 0.717) is 5.02 Å². The van der Waals surface area contributed by atoms with Crippen molar-refractivity contribution in [1.29, 1.82) is 0 Å². The van der Waals surface area contributed by atoms with E-state index in [4.69, 9.17) is 28.9 Å². The molecule has 5 heteroatoms. The lowest BCUT2D eigenvalue weighted by atomic mass is 10.0. The molecule has 0 spiro atoms. The van der Waals surface area contributed by atoms with Crippen molar-refractivity contribution in [3.8, 4) is 0 Å². The number of ketones is 1. The van der Waals surface area contributed by atoms with Gasteiger partial charge in [0.2, 0.25) is 0 Å². The lowest BCUT2D eigenvalue weighted by Gasteiger charge is -2.07. The largest absolute Gasteiger partial charge is 0.398 e. The number of anilines is 1. The van der Waals surface area contributed by atoms with E-state index in [1.807, 2.05) is 0 Å². The molecule has 0 unspecified atom stereocenters. The second kappa shape index (κ2) is 4.96. The summed E-state index contributed by atoms with van der Waals surface area (Å²) in [7, 11) is 0. The summed E-state index contributed by atoms with van der Waals surface area (Å²) >= 11 is 11.7. The molecule has 18 heavy (non-hydrogen) atoms. The summed E-state index contributed by atoms with van der Waals surface area (Å²) < 4.78 is 12.9. The van der Waals surface area contributed by atoms with E-state index < -0.39 is 5.82 Å². The maximum Gasteiger partial charge on any atom is 0.196 e. The van der Waals surface area contributed by atoms with Crippen molar-refractivity contribution in [2.75, 3.05) is 5.73 Å². The molecule has 0 aliphatic carbocycles. The highest BCUT2D eigenvalue weighted by Gasteiger charge is 2.16. The zero-order valence-electron chi connectivity index (χ0n) is 9.08. The zero-order chi connectivity index (χ0) is 13.3. The first-order chi connectivity index (χ1) is 8.49. The molecule has 0 aliphatic heterocycles. The van der Waals surface area contributed by atoms with Crippen molar-refractivity contribution in [3.05, 3.63) is 63.4 Å². The molecule has 0 aromatic heterocycles. The fraction of sp³-hybridized carbons (Fsp3) is 0. The Balaban J connectivity index is 2.48. The van der Waals surface area contributed by atoms with E-state index in [0.717, 1.165) is 6.07 Å².